The van der Waals surface area contributed by atoms with Crippen LogP contribution in [-0.4, -0.2) is 62.8 Å². The summed E-state index contributed by atoms with van der Waals surface area (Å²) in [5.41, 5.74) is 3.77. The molecule has 1 heterocycles. The molecule has 2 aromatic carbocycles. The smallest absolute Gasteiger partial charge is 0.260 e. The summed E-state index contributed by atoms with van der Waals surface area (Å²) in [6.07, 6.45) is 0.820. The quantitative estimate of drug-likeness (QED) is 0.318. The van der Waals surface area contributed by atoms with E-state index in [-0.39, 0.29) is 5.91 Å². The minimum absolute atomic E-state index is 0.137. The minimum Gasteiger partial charge on any atom is -0.490 e. The van der Waals surface area contributed by atoms with Gasteiger partial charge >= 0.3 is 0 Å². The van der Waals surface area contributed by atoms with Crippen LogP contribution in [0.3, 0.4) is 0 Å². The molecule has 0 aliphatic carbocycles. The molecule has 3 rings (SSSR count). The highest BCUT2D eigenvalue weighted by molar-refractivity contribution is 7.22. The molecule has 0 N–H and O–H groups in total. The molecule has 0 unspecified atom stereocenters. The fourth-order valence-corrected chi connectivity index (χ4v) is 4.88. The zero-order valence-electron chi connectivity index (χ0n) is 21.9. The number of anilines is 1. The van der Waals surface area contributed by atoms with Crippen LogP contribution in [-0.2, 0) is 0 Å². The maximum Gasteiger partial charge on any atom is 0.260 e. The van der Waals surface area contributed by atoms with Gasteiger partial charge in [0.2, 0.25) is 5.75 Å². The number of ether oxygens (including phenoxy) is 3. The lowest BCUT2D eigenvalue weighted by Gasteiger charge is -2.22. The summed E-state index contributed by atoms with van der Waals surface area (Å²) >= 11 is 1.54. The molecule has 0 bridgehead atoms. The summed E-state index contributed by atoms with van der Waals surface area (Å²) in [7, 11) is 4.07. The number of nitrogens with zero attached hydrogens (tertiary/aromatic N) is 3. The molecule has 0 saturated carbocycles. The number of amides is 1. The molecule has 7 nitrogen and oxygen atoms in total. The van der Waals surface area contributed by atoms with Crippen LogP contribution in [0.5, 0.6) is 17.2 Å². The molecule has 8 heteroatoms. The Morgan fingerprint density at radius 3 is 2.14 bits per heavy atom. The number of aryl methyl sites for hydroxylation is 2. The fourth-order valence-electron chi connectivity index (χ4n) is 3.83. The molecule has 1 amide bonds. The Balaban J connectivity index is 2.08. The van der Waals surface area contributed by atoms with E-state index < -0.39 is 0 Å². The first-order valence-electron chi connectivity index (χ1n) is 12.2. The average molecular weight is 500 g/mol. The van der Waals surface area contributed by atoms with Gasteiger partial charge < -0.3 is 19.1 Å². The molecule has 0 spiro atoms. The number of benzene rings is 2. The molecule has 3 aromatic rings. The van der Waals surface area contributed by atoms with Crippen LogP contribution in [0.25, 0.3) is 10.2 Å². The molecule has 0 aliphatic heterocycles. The van der Waals surface area contributed by atoms with E-state index in [9.17, 15) is 4.79 Å². The third-order valence-corrected chi connectivity index (χ3v) is 6.74. The van der Waals surface area contributed by atoms with E-state index in [4.69, 9.17) is 19.2 Å². The highest BCUT2D eigenvalue weighted by Crippen LogP contribution is 2.40. The lowest BCUT2D eigenvalue weighted by atomic mass is 10.1. The van der Waals surface area contributed by atoms with E-state index in [1.54, 1.807) is 28.4 Å². The van der Waals surface area contributed by atoms with Crippen molar-refractivity contribution >= 4 is 32.6 Å². The van der Waals surface area contributed by atoms with Gasteiger partial charge in [-0.05, 0) is 91.0 Å². The second kappa shape index (κ2) is 12.2. The van der Waals surface area contributed by atoms with Crippen LogP contribution < -0.4 is 19.1 Å². The monoisotopic (exact) mass is 499 g/mol. The van der Waals surface area contributed by atoms with Crippen molar-refractivity contribution in [3.05, 3.63) is 41.0 Å². The number of carbonyl (C=O) groups is 1. The largest absolute Gasteiger partial charge is 0.490 e. The number of aromatic nitrogens is 1. The van der Waals surface area contributed by atoms with Crippen LogP contribution in [0.2, 0.25) is 0 Å². The highest BCUT2D eigenvalue weighted by atomic mass is 32.1. The van der Waals surface area contributed by atoms with Gasteiger partial charge in [-0.15, -0.1) is 0 Å². The van der Waals surface area contributed by atoms with Crippen LogP contribution >= 0.6 is 11.3 Å². The number of fused-ring (bicyclic) bond motifs is 1. The Hall–Kier alpha value is -2.84. The van der Waals surface area contributed by atoms with Crippen LogP contribution in [0.4, 0.5) is 5.13 Å². The van der Waals surface area contributed by atoms with E-state index in [1.165, 1.54) is 5.56 Å². The van der Waals surface area contributed by atoms with Gasteiger partial charge in [0.1, 0.15) is 0 Å². The zero-order chi connectivity index (χ0) is 25.5. The van der Waals surface area contributed by atoms with Crippen molar-refractivity contribution in [2.45, 2.75) is 41.0 Å². The Kier molecular flexibility index (Phi) is 9.34. The third kappa shape index (κ3) is 6.24. The number of rotatable bonds is 12. The topological polar surface area (TPSA) is 64.1 Å². The van der Waals surface area contributed by atoms with Gasteiger partial charge in [0.25, 0.3) is 5.91 Å². The normalized spacial score (nSPS) is 11.2. The summed E-state index contributed by atoms with van der Waals surface area (Å²) in [5, 5.41) is 0.697. The first-order valence-corrected chi connectivity index (χ1v) is 13.0. The maximum atomic E-state index is 14.0. The van der Waals surface area contributed by atoms with E-state index in [0.717, 1.165) is 28.7 Å². The van der Waals surface area contributed by atoms with Crippen molar-refractivity contribution in [2.75, 3.05) is 51.9 Å². The van der Waals surface area contributed by atoms with Gasteiger partial charge in [-0.25, -0.2) is 4.98 Å². The molecule has 190 valence electrons. The number of thiazole rings is 1. The van der Waals surface area contributed by atoms with Gasteiger partial charge in [0, 0.05) is 12.1 Å². The predicted molar refractivity (Wildman–Crippen MR) is 144 cm³/mol. The molecule has 35 heavy (non-hydrogen) atoms. The van der Waals surface area contributed by atoms with Gasteiger partial charge in [-0.2, -0.15) is 0 Å². The lowest BCUT2D eigenvalue weighted by molar-refractivity contribution is 0.0985. The first-order chi connectivity index (χ1) is 16.8. The standard InChI is InChI=1S/C27H37N3O4S/c1-8-32-21-16-20(17-22(33-9-2)25(21)34-10-3)26(31)30(15-11-14-29(6)7)27-28-24-19(5)18(4)12-13-23(24)35-27/h12-13,16-17H,8-11,14-15H2,1-7H3. The van der Waals surface area contributed by atoms with E-state index >= 15 is 0 Å². The Bertz CT molecular complexity index is 1130. The third-order valence-electron chi connectivity index (χ3n) is 5.69. The molecule has 1 aromatic heterocycles. The molecule has 0 saturated heterocycles. The molecular weight excluding hydrogens is 462 g/mol. The van der Waals surface area contributed by atoms with E-state index in [1.807, 2.05) is 34.9 Å². The number of carbonyl (C=O) groups excluding carboxylic acids is 1. The van der Waals surface area contributed by atoms with Gasteiger partial charge in [0.05, 0.1) is 30.0 Å². The van der Waals surface area contributed by atoms with Crippen LogP contribution in [0, 0.1) is 13.8 Å². The Labute approximate surface area is 212 Å². The van der Waals surface area contributed by atoms with Gasteiger partial charge in [-0.3, -0.25) is 9.69 Å². The summed E-state index contributed by atoms with van der Waals surface area (Å²) in [6.45, 7) is 12.7. The Morgan fingerprint density at radius 1 is 0.943 bits per heavy atom. The summed E-state index contributed by atoms with van der Waals surface area (Å²) in [5.74, 6) is 1.40. The fraction of sp³-hybridized carbons (Fsp3) is 0.481. The van der Waals surface area contributed by atoms with Crippen molar-refractivity contribution in [2.24, 2.45) is 0 Å². The van der Waals surface area contributed by atoms with E-state index in [2.05, 4.69) is 30.9 Å². The van der Waals surface area contributed by atoms with Crippen molar-refractivity contribution in [3.8, 4) is 17.2 Å². The van der Waals surface area contributed by atoms with Crippen molar-refractivity contribution in [1.29, 1.82) is 0 Å². The minimum atomic E-state index is -0.137. The number of hydrogen-bond donors (Lipinski definition) is 0. The van der Waals surface area contributed by atoms with Crippen LogP contribution in [0.1, 0.15) is 48.7 Å². The molecule has 0 aliphatic rings. The van der Waals surface area contributed by atoms with Gasteiger partial charge in [-0.1, -0.05) is 17.4 Å². The SMILES string of the molecule is CCOc1cc(C(=O)N(CCCN(C)C)c2nc3c(C)c(C)ccc3s2)cc(OCC)c1OCC. The summed E-state index contributed by atoms with van der Waals surface area (Å²) in [4.78, 5) is 22.8. The average Bonchev–Trinajstić information content (AvgIpc) is 3.25. The lowest BCUT2D eigenvalue weighted by Crippen LogP contribution is -2.33. The molecular formula is C27H37N3O4S. The summed E-state index contributed by atoms with van der Waals surface area (Å²) < 4.78 is 18.6. The van der Waals surface area contributed by atoms with Crippen molar-refractivity contribution < 1.29 is 19.0 Å². The first kappa shape index (κ1) is 26.8. The van der Waals surface area contributed by atoms with Crippen LogP contribution in [0.15, 0.2) is 24.3 Å². The second-order valence-corrected chi connectivity index (χ2v) is 9.57. The number of hydrogen-bond acceptors (Lipinski definition) is 7. The second-order valence-electron chi connectivity index (χ2n) is 8.56. The zero-order valence-corrected chi connectivity index (χ0v) is 22.8. The molecule has 0 atom stereocenters. The predicted octanol–water partition coefficient (Wildman–Crippen LogP) is 5.71. The summed E-state index contributed by atoms with van der Waals surface area (Å²) in [6, 6.07) is 7.69. The van der Waals surface area contributed by atoms with Crippen molar-refractivity contribution in [1.82, 2.24) is 9.88 Å². The molecule has 0 radical (unpaired) electrons. The highest BCUT2D eigenvalue weighted by Gasteiger charge is 2.25. The molecule has 0 fully saturated rings. The Morgan fingerprint density at radius 2 is 1.57 bits per heavy atom. The van der Waals surface area contributed by atoms with E-state index in [0.29, 0.717) is 54.3 Å². The van der Waals surface area contributed by atoms with Crippen molar-refractivity contribution in [3.63, 3.8) is 0 Å². The van der Waals surface area contributed by atoms with Gasteiger partial charge in [0.15, 0.2) is 16.6 Å². The maximum absolute atomic E-state index is 14.0.